The lowest BCUT2D eigenvalue weighted by Gasteiger charge is -2.23. The van der Waals surface area contributed by atoms with Crippen LogP contribution in [-0.2, 0) is 31.8 Å². The Labute approximate surface area is 245 Å². The van der Waals surface area contributed by atoms with Gasteiger partial charge in [-0.3, -0.25) is 4.79 Å². The van der Waals surface area contributed by atoms with Crippen molar-refractivity contribution < 1.29 is 33.4 Å². The first-order valence-electron chi connectivity index (χ1n) is 12.8. The SMILES string of the molecule is CCOC(=O)c1sc(NC(=O)C(C)Sc2sc3c(c2C(=O)OC)CCC(c2ccccc2)C3)c(C(=O)OC)c1C. The molecule has 1 aliphatic carbocycles. The fourth-order valence-corrected chi connectivity index (χ4v) is 8.71. The maximum absolute atomic E-state index is 13.3. The number of anilines is 1. The number of carbonyl (C=O) groups is 4. The van der Waals surface area contributed by atoms with Crippen LogP contribution in [0.5, 0.6) is 0 Å². The molecule has 1 N–H and O–H groups in total. The average molecular weight is 602 g/mol. The summed E-state index contributed by atoms with van der Waals surface area (Å²) in [6, 6.07) is 10.3. The third-order valence-electron chi connectivity index (χ3n) is 6.78. The molecule has 0 aliphatic heterocycles. The highest BCUT2D eigenvalue weighted by Crippen LogP contribution is 2.45. The minimum Gasteiger partial charge on any atom is -0.465 e. The lowest BCUT2D eigenvalue weighted by molar-refractivity contribution is -0.115. The second kappa shape index (κ2) is 13.0. The van der Waals surface area contributed by atoms with E-state index in [9.17, 15) is 19.2 Å². The quantitative estimate of drug-likeness (QED) is 0.174. The first-order chi connectivity index (χ1) is 19.2. The van der Waals surface area contributed by atoms with Crippen LogP contribution in [-0.4, -0.2) is 49.9 Å². The topological polar surface area (TPSA) is 108 Å². The highest BCUT2D eigenvalue weighted by Gasteiger charge is 2.33. The van der Waals surface area contributed by atoms with Crippen molar-refractivity contribution in [1.29, 1.82) is 0 Å². The van der Waals surface area contributed by atoms with Gasteiger partial charge in [0.1, 0.15) is 9.88 Å². The summed E-state index contributed by atoms with van der Waals surface area (Å²) in [6.45, 7) is 5.22. The fraction of sp³-hybridized carbons (Fsp3) is 0.379. The molecule has 8 nitrogen and oxygen atoms in total. The largest absolute Gasteiger partial charge is 0.465 e. The van der Waals surface area contributed by atoms with E-state index < -0.39 is 23.2 Å². The molecule has 0 spiro atoms. The van der Waals surface area contributed by atoms with Gasteiger partial charge in [-0.15, -0.1) is 34.4 Å². The number of amides is 1. The van der Waals surface area contributed by atoms with Gasteiger partial charge in [0.2, 0.25) is 5.91 Å². The zero-order valence-electron chi connectivity index (χ0n) is 23.0. The highest BCUT2D eigenvalue weighted by atomic mass is 32.2. The number of nitrogens with one attached hydrogen (secondary N) is 1. The fourth-order valence-electron chi connectivity index (χ4n) is 4.73. The molecule has 1 aliphatic rings. The summed E-state index contributed by atoms with van der Waals surface area (Å²) in [5.74, 6) is -1.66. The Bertz CT molecular complexity index is 1430. The van der Waals surface area contributed by atoms with Gasteiger partial charge in [-0.2, -0.15) is 0 Å². The van der Waals surface area contributed by atoms with Crippen LogP contribution in [0.3, 0.4) is 0 Å². The predicted molar refractivity (Wildman–Crippen MR) is 157 cm³/mol. The summed E-state index contributed by atoms with van der Waals surface area (Å²) in [5, 5.41) is 2.39. The van der Waals surface area contributed by atoms with E-state index in [1.165, 1.54) is 42.9 Å². The van der Waals surface area contributed by atoms with Gasteiger partial charge in [0.15, 0.2) is 0 Å². The molecular formula is C29H31NO7S3. The number of ether oxygens (including phenoxy) is 3. The molecule has 0 radical (unpaired) electrons. The molecule has 1 amide bonds. The summed E-state index contributed by atoms with van der Waals surface area (Å²) >= 11 is 3.79. The van der Waals surface area contributed by atoms with Crippen molar-refractivity contribution in [1.82, 2.24) is 0 Å². The van der Waals surface area contributed by atoms with Crippen LogP contribution < -0.4 is 5.32 Å². The van der Waals surface area contributed by atoms with E-state index in [0.29, 0.717) is 17.0 Å². The van der Waals surface area contributed by atoms with Gasteiger partial charge in [-0.25, -0.2) is 14.4 Å². The van der Waals surface area contributed by atoms with E-state index >= 15 is 0 Å². The lowest BCUT2D eigenvalue weighted by Crippen LogP contribution is -2.23. The van der Waals surface area contributed by atoms with Crippen LogP contribution in [0.1, 0.15) is 78.1 Å². The number of benzene rings is 1. The van der Waals surface area contributed by atoms with Crippen LogP contribution >= 0.6 is 34.4 Å². The third kappa shape index (κ3) is 6.11. The molecule has 1 aromatic carbocycles. The van der Waals surface area contributed by atoms with Crippen molar-refractivity contribution in [2.45, 2.75) is 55.4 Å². The van der Waals surface area contributed by atoms with Crippen molar-refractivity contribution in [2.24, 2.45) is 0 Å². The van der Waals surface area contributed by atoms with Crippen LogP contribution in [0, 0.1) is 6.92 Å². The molecule has 4 rings (SSSR count). The molecule has 0 fully saturated rings. The van der Waals surface area contributed by atoms with Crippen LogP contribution in [0.4, 0.5) is 5.00 Å². The van der Waals surface area contributed by atoms with E-state index in [2.05, 4.69) is 17.4 Å². The molecule has 0 bridgehead atoms. The predicted octanol–water partition coefficient (Wildman–Crippen LogP) is 6.26. The summed E-state index contributed by atoms with van der Waals surface area (Å²) in [7, 11) is 2.60. The van der Waals surface area contributed by atoms with Gasteiger partial charge in [0.05, 0.1) is 41.4 Å². The minimum atomic E-state index is -0.660. The van der Waals surface area contributed by atoms with Gasteiger partial charge < -0.3 is 19.5 Å². The van der Waals surface area contributed by atoms with Crippen LogP contribution in [0.25, 0.3) is 0 Å². The molecule has 40 heavy (non-hydrogen) atoms. The summed E-state index contributed by atoms with van der Waals surface area (Å²) in [4.78, 5) is 52.5. The third-order valence-corrected chi connectivity index (χ3v) is 10.5. The molecule has 212 valence electrons. The molecule has 2 unspecified atom stereocenters. The van der Waals surface area contributed by atoms with Crippen molar-refractivity contribution in [3.8, 4) is 0 Å². The number of thioether (sulfide) groups is 1. The summed E-state index contributed by atoms with van der Waals surface area (Å²) in [5.41, 5.74) is 3.32. The Balaban J connectivity index is 1.58. The maximum atomic E-state index is 13.3. The number of esters is 3. The van der Waals surface area contributed by atoms with Crippen molar-refractivity contribution in [2.75, 3.05) is 26.1 Å². The molecule has 2 atom stereocenters. The van der Waals surface area contributed by atoms with Gasteiger partial charge in [0, 0.05) is 4.88 Å². The van der Waals surface area contributed by atoms with E-state index in [4.69, 9.17) is 14.2 Å². The van der Waals surface area contributed by atoms with Gasteiger partial charge in [0.25, 0.3) is 0 Å². The normalized spacial score (nSPS) is 15.1. The Hall–Kier alpha value is -3.15. The van der Waals surface area contributed by atoms with Gasteiger partial charge in [-0.1, -0.05) is 30.3 Å². The highest BCUT2D eigenvalue weighted by molar-refractivity contribution is 8.02. The first-order valence-corrected chi connectivity index (χ1v) is 15.3. The monoisotopic (exact) mass is 601 g/mol. The second-order valence-electron chi connectivity index (χ2n) is 9.23. The molecule has 3 aromatic rings. The molecular weight excluding hydrogens is 571 g/mol. The maximum Gasteiger partial charge on any atom is 0.348 e. The van der Waals surface area contributed by atoms with Crippen molar-refractivity contribution in [3.63, 3.8) is 0 Å². The summed E-state index contributed by atoms with van der Waals surface area (Å²) in [6.07, 6.45) is 2.50. The van der Waals surface area contributed by atoms with Crippen molar-refractivity contribution >= 4 is 63.3 Å². The molecule has 0 saturated heterocycles. The summed E-state index contributed by atoms with van der Waals surface area (Å²) < 4.78 is 15.9. The number of methoxy groups -OCH3 is 2. The Morgan fingerprint density at radius 3 is 2.35 bits per heavy atom. The number of carbonyl (C=O) groups excluding carboxylic acids is 4. The number of hydrogen-bond donors (Lipinski definition) is 1. The lowest BCUT2D eigenvalue weighted by atomic mass is 9.83. The van der Waals surface area contributed by atoms with E-state index in [1.54, 1.807) is 20.8 Å². The zero-order valence-corrected chi connectivity index (χ0v) is 25.4. The number of thiophene rings is 2. The molecule has 2 heterocycles. The van der Waals surface area contributed by atoms with Gasteiger partial charge in [-0.05, 0) is 62.6 Å². The standard InChI is InChI=1S/C29H31NO7S3/c1-6-37-28(34)23-15(2)21(26(32)35-4)25(40-23)30-24(31)16(3)38-29-22(27(33)36-5)19-13-12-18(14-20(19)39-29)17-10-8-7-9-11-17/h7-11,16,18H,6,12-14H2,1-5H3,(H,30,31). The van der Waals surface area contributed by atoms with Gasteiger partial charge >= 0.3 is 17.9 Å². The Morgan fingerprint density at radius 2 is 1.70 bits per heavy atom. The van der Waals surface area contributed by atoms with E-state index in [0.717, 1.165) is 45.2 Å². The number of hydrogen-bond acceptors (Lipinski definition) is 10. The second-order valence-corrected chi connectivity index (χ2v) is 13.0. The van der Waals surface area contributed by atoms with E-state index in [-0.39, 0.29) is 28.0 Å². The smallest absolute Gasteiger partial charge is 0.348 e. The van der Waals surface area contributed by atoms with Crippen molar-refractivity contribution in [3.05, 3.63) is 67.9 Å². The van der Waals surface area contributed by atoms with Crippen LogP contribution in [0.15, 0.2) is 34.5 Å². The molecule has 2 aromatic heterocycles. The minimum absolute atomic E-state index is 0.120. The molecule has 11 heteroatoms. The average Bonchev–Trinajstić information content (AvgIpc) is 3.48. The number of fused-ring (bicyclic) bond motifs is 1. The molecule has 0 saturated carbocycles. The van der Waals surface area contributed by atoms with Crippen LogP contribution in [0.2, 0.25) is 0 Å². The Kier molecular flexibility index (Phi) is 9.70. The first kappa shape index (κ1) is 29.8. The van der Waals surface area contributed by atoms with E-state index in [1.807, 2.05) is 18.2 Å². The number of rotatable bonds is 9. The Morgan fingerprint density at radius 1 is 1.02 bits per heavy atom. The zero-order chi connectivity index (χ0) is 29.0.